The van der Waals surface area contributed by atoms with Crippen molar-refractivity contribution in [3.63, 3.8) is 0 Å². The highest BCUT2D eigenvalue weighted by molar-refractivity contribution is 5.47. The van der Waals surface area contributed by atoms with Crippen molar-refractivity contribution in [1.82, 2.24) is 0 Å². The van der Waals surface area contributed by atoms with Crippen LogP contribution in [-0.2, 0) is 13.2 Å². The fourth-order valence-electron chi connectivity index (χ4n) is 2.52. The summed E-state index contributed by atoms with van der Waals surface area (Å²) in [6.45, 7) is 3.56. The number of rotatable bonds is 8. The Bertz CT molecular complexity index is 816. The Kier molecular flexibility index (Phi) is 6.09. The molecule has 0 aliphatic carbocycles. The van der Waals surface area contributed by atoms with Crippen molar-refractivity contribution in [2.75, 3.05) is 11.9 Å². The van der Waals surface area contributed by atoms with Crippen LogP contribution in [0.25, 0.3) is 0 Å². The highest BCUT2D eigenvalue weighted by Gasteiger charge is 2.02. The Morgan fingerprint density at radius 2 is 1.46 bits per heavy atom. The molecule has 0 saturated heterocycles. The van der Waals surface area contributed by atoms with Crippen molar-refractivity contribution in [1.29, 1.82) is 0 Å². The molecule has 0 heterocycles. The van der Waals surface area contributed by atoms with Gasteiger partial charge < -0.3 is 14.8 Å². The molecule has 0 unspecified atom stereocenters. The van der Waals surface area contributed by atoms with Crippen molar-refractivity contribution >= 4 is 5.69 Å². The van der Waals surface area contributed by atoms with Gasteiger partial charge in [-0.2, -0.15) is 0 Å². The third-order valence-electron chi connectivity index (χ3n) is 3.94. The van der Waals surface area contributed by atoms with Gasteiger partial charge in [0.05, 0.1) is 6.61 Å². The summed E-state index contributed by atoms with van der Waals surface area (Å²) in [5.41, 5.74) is 2.72. The molecule has 134 valence electrons. The van der Waals surface area contributed by atoms with Crippen LogP contribution in [-0.4, -0.2) is 6.61 Å². The van der Waals surface area contributed by atoms with Crippen LogP contribution in [0.5, 0.6) is 11.5 Å². The van der Waals surface area contributed by atoms with Crippen LogP contribution in [0, 0.1) is 5.82 Å². The van der Waals surface area contributed by atoms with Crippen LogP contribution in [0.4, 0.5) is 10.1 Å². The zero-order chi connectivity index (χ0) is 18.2. The Balaban J connectivity index is 1.50. The average Bonchev–Trinajstić information content (AvgIpc) is 2.68. The molecule has 26 heavy (non-hydrogen) atoms. The average molecular weight is 351 g/mol. The number of benzene rings is 3. The van der Waals surface area contributed by atoms with Gasteiger partial charge in [0.25, 0.3) is 0 Å². The monoisotopic (exact) mass is 351 g/mol. The van der Waals surface area contributed by atoms with E-state index in [0.717, 1.165) is 22.7 Å². The Labute approximate surface area is 153 Å². The number of nitrogens with one attached hydrogen (secondary N) is 1. The lowest BCUT2D eigenvalue weighted by molar-refractivity contribution is 0.300. The minimum atomic E-state index is -0.247. The molecule has 0 spiro atoms. The van der Waals surface area contributed by atoms with Gasteiger partial charge in [-0.05, 0) is 55.0 Å². The van der Waals surface area contributed by atoms with Gasteiger partial charge in [-0.25, -0.2) is 4.39 Å². The number of hydrogen-bond donors (Lipinski definition) is 1. The topological polar surface area (TPSA) is 30.5 Å². The lowest BCUT2D eigenvalue weighted by Gasteiger charge is -2.10. The van der Waals surface area contributed by atoms with Gasteiger partial charge in [-0.3, -0.25) is 0 Å². The minimum absolute atomic E-state index is 0.219. The molecule has 3 aromatic rings. The summed E-state index contributed by atoms with van der Waals surface area (Å²) in [7, 11) is 0. The van der Waals surface area contributed by atoms with E-state index in [9.17, 15) is 4.39 Å². The van der Waals surface area contributed by atoms with Crippen molar-refractivity contribution in [3.05, 3.63) is 89.7 Å². The van der Waals surface area contributed by atoms with E-state index in [1.54, 1.807) is 18.2 Å². The zero-order valence-corrected chi connectivity index (χ0v) is 14.7. The van der Waals surface area contributed by atoms with Gasteiger partial charge in [-0.1, -0.05) is 30.3 Å². The normalized spacial score (nSPS) is 10.4. The second-order valence-electron chi connectivity index (χ2n) is 5.83. The van der Waals surface area contributed by atoms with Crippen molar-refractivity contribution in [2.24, 2.45) is 0 Å². The van der Waals surface area contributed by atoms with E-state index in [4.69, 9.17) is 9.47 Å². The summed E-state index contributed by atoms with van der Waals surface area (Å²) in [5, 5.41) is 3.37. The van der Waals surface area contributed by atoms with Crippen LogP contribution in [0.1, 0.15) is 18.1 Å². The summed E-state index contributed by atoms with van der Waals surface area (Å²) < 4.78 is 24.7. The lowest BCUT2D eigenvalue weighted by Crippen LogP contribution is -2.01. The Morgan fingerprint density at radius 3 is 2.15 bits per heavy atom. The maximum Gasteiger partial charge on any atom is 0.129 e. The summed E-state index contributed by atoms with van der Waals surface area (Å²) in [4.78, 5) is 0. The molecule has 3 rings (SSSR count). The third kappa shape index (κ3) is 4.99. The number of halogens is 1. The SMILES string of the molecule is CCOc1ccc(NCc2ccc(OCc3ccccc3F)cc2)cc1. The van der Waals surface area contributed by atoms with Crippen LogP contribution in [0.2, 0.25) is 0 Å². The third-order valence-corrected chi connectivity index (χ3v) is 3.94. The fraction of sp³-hybridized carbons (Fsp3) is 0.182. The smallest absolute Gasteiger partial charge is 0.129 e. The number of hydrogen-bond acceptors (Lipinski definition) is 3. The maximum atomic E-state index is 13.6. The molecule has 0 aliphatic heterocycles. The molecule has 0 bridgehead atoms. The first kappa shape index (κ1) is 17.8. The molecule has 0 amide bonds. The van der Waals surface area contributed by atoms with E-state index in [2.05, 4.69) is 5.32 Å². The molecule has 0 aromatic heterocycles. The van der Waals surface area contributed by atoms with E-state index in [1.807, 2.05) is 55.5 Å². The van der Waals surface area contributed by atoms with Crippen LogP contribution < -0.4 is 14.8 Å². The lowest BCUT2D eigenvalue weighted by atomic mass is 10.2. The molecule has 4 heteroatoms. The van der Waals surface area contributed by atoms with E-state index in [-0.39, 0.29) is 12.4 Å². The molecule has 0 saturated carbocycles. The Morgan fingerprint density at radius 1 is 0.808 bits per heavy atom. The maximum absolute atomic E-state index is 13.6. The van der Waals surface area contributed by atoms with Gasteiger partial charge in [0.1, 0.15) is 23.9 Å². The van der Waals surface area contributed by atoms with Crippen LogP contribution in [0.3, 0.4) is 0 Å². The number of ether oxygens (including phenoxy) is 2. The van der Waals surface area contributed by atoms with E-state index >= 15 is 0 Å². The van der Waals surface area contributed by atoms with Crippen molar-refractivity contribution in [3.8, 4) is 11.5 Å². The number of anilines is 1. The largest absolute Gasteiger partial charge is 0.494 e. The highest BCUT2D eigenvalue weighted by Crippen LogP contribution is 2.18. The summed E-state index contributed by atoms with van der Waals surface area (Å²) in [5.74, 6) is 1.34. The highest BCUT2D eigenvalue weighted by atomic mass is 19.1. The van der Waals surface area contributed by atoms with Gasteiger partial charge >= 0.3 is 0 Å². The molecule has 0 aliphatic rings. The minimum Gasteiger partial charge on any atom is -0.494 e. The molecule has 0 radical (unpaired) electrons. The predicted octanol–water partition coefficient (Wildman–Crippen LogP) is 5.42. The van der Waals surface area contributed by atoms with Gasteiger partial charge in [0.15, 0.2) is 0 Å². The first-order valence-corrected chi connectivity index (χ1v) is 8.66. The molecular formula is C22H22FNO2. The molecule has 3 nitrogen and oxygen atoms in total. The first-order valence-electron chi connectivity index (χ1n) is 8.66. The molecule has 0 fully saturated rings. The summed E-state index contributed by atoms with van der Waals surface area (Å²) in [6, 6.07) is 22.3. The van der Waals surface area contributed by atoms with Gasteiger partial charge in [-0.15, -0.1) is 0 Å². The fourth-order valence-corrected chi connectivity index (χ4v) is 2.52. The first-order chi connectivity index (χ1) is 12.7. The molecule has 1 N–H and O–H groups in total. The molecule has 0 atom stereocenters. The Hall–Kier alpha value is -3.01. The van der Waals surface area contributed by atoms with Crippen molar-refractivity contribution in [2.45, 2.75) is 20.1 Å². The van der Waals surface area contributed by atoms with Gasteiger partial charge in [0.2, 0.25) is 0 Å². The molecular weight excluding hydrogens is 329 g/mol. The van der Waals surface area contributed by atoms with Crippen LogP contribution >= 0.6 is 0 Å². The van der Waals surface area contributed by atoms with E-state index in [0.29, 0.717) is 18.7 Å². The van der Waals surface area contributed by atoms with Crippen LogP contribution in [0.15, 0.2) is 72.8 Å². The van der Waals surface area contributed by atoms with E-state index < -0.39 is 0 Å². The molecule has 3 aromatic carbocycles. The zero-order valence-electron chi connectivity index (χ0n) is 14.7. The quantitative estimate of drug-likeness (QED) is 0.588. The second-order valence-corrected chi connectivity index (χ2v) is 5.83. The van der Waals surface area contributed by atoms with Gasteiger partial charge in [0, 0.05) is 17.8 Å². The van der Waals surface area contributed by atoms with E-state index in [1.165, 1.54) is 6.07 Å². The summed E-state index contributed by atoms with van der Waals surface area (Å²) in [6.07, 6.45) is 0. The van der Waals surface area contributed by atoms with Crippen molar-refractivity contribution < 1.29 is 13.9 Å². The predicted molar refractivity (Wildman–Crippen MR) is 102 cm³/mol. The summed E-state index contributed by atoms with van der Waals surface area (Å²) >= 11 is 0. The standard InChI is InChI=1S/C22H22FNO2/c1-2-25-20-13-9-19(10-14-20)24-15-17-7-11-21(12-8-17)26-16-18-5-3-4-6-22(18)23/h3-14,24H,2,15-16H2,1H3. The second kappa shape index (κ2) is 8.90.